The molecule has 2 N–H and O–H groups in total. The van der Waals surface area contributed by atoms with Gasteiger partial charge < -0.3 is 10.5 Å². The van der Waals surface area contributed by atoms with Crippen LogP contribution in [0, 0.1) is 0 Å². The Morgan fingerprint density at radius 2 is 1.63 bits per heavy atom. The van der Waals surface area contributed by atoms with Gasteiger partial charge in [-0.2, -0.15) is 26.3 Å². The van der Waals surface area contributed by atoms with Crippen LogP contribution in [0.25, 0.3) is 0 Å². The van der Waals surface area contributed by atoms with Gasteiger partial charge in [-0.25, -0.2) is 4.79 Å². The maximum atomic E-state index is 12.8. The van der Waals surface area contributed by atoms with Crippen molar-refractivity contribution < 1.29 is 35.9 Å². The second-order valence-electron chi connectivity index (χ2n) is 3.44. The van der Waals surface area contributed by atoms with E-state index in [2.05, 4.69) is 4.74 Å². The van der Waals surface area contributed by atoms with Crippen molar-refractivity contribution in [2.24, 2.45) is 0 Å². The Balaban J connectivity index is 3.76. The first kappa shape index (κ1) is 15.1. The molecule has 1 aromatic rings. The van der Waals surface area contributed by atoms with Crippen molar-refractivity contribution in [3.63, 3.8) is 0 Å². The normalized spacial score (nSPS) is 12.4. The number of alkyl halides is 6. The van der Waals surface area contributed by atoms with Crippen LogP contribution in [-0.2, 0) is 17.1 Å². The molecular weight excluding hydrogens is 280 g/mol. The van der Waals surface area contributed by atoms with Crippen LogP contribution >= 0.6 is 0 Å². The van der Waals surface area contributed by atoms with Gasteiger partial charge in [0.1, 0.15) is 0 Å². The average molecular weight is 287 g/mol. The van der Waals surface area contributed by atoms with E-state index in [1.807, 2.05) is 0 Å². The summed E-state index contributed by atoms with van der Waals surface area (Å²) < 4.78 is 80.0. The Bertz CT molecular complexity index is 506. The van der Waals surface area contributed by atoms with Crippen LogP contribution in [0.1, 0.15) is 21.5 Å². The zero-order chi connectivity index (χ0) is 15.0. The highest BCUT2D eigenvalue weighted by Crippen LogP contribution is 2.43. The number of rotatable bonds is 1. The maximum absolute atomic E-state index is 12.8. The Kier molecular flexibility index (Phi) is 3.69. The number of esters is 1. The average Bonchev–Trinajstić information content (AvgIpc) is 2.24. The third-order valence-corrected chi connectivity index (χ3v) is 2.22. The minimum absolute atomic E-state index is 0.171. The van der Waals surface area contributed by atoms with Crippen molar-refractivity contribution in [2.75, 3.05) is 12.8 Å². The highest BCUT2D eigenvalue weighted by molar-refractivity contribution is 5.97. The van der Waals surface area contributed by atoms with Crippen LogP contribution in [-0.4, -0.2) is 13.1 Å². The first-order valence-corrected chi connectivity index (χ1v) is 4.65. The van der Waals surface area contributed by atoms with Crippen molar-refractivity contribution in [1.29, 1.82) is 0 Å². The second kappa shape index (κ2) is 4.63. The number of carbonyl (C=O) groups is 1. The molecule has 19 heavy (non-hydrogen) atoms. The number of benzene rings is 1. The van der Waals surface area contributed by atoms with Gasteiger partial charge >= 0.3 is 18.3 Å². The number of carbonyl (C=O) groups excluding carboxylic acids is 1. The van der Waals surface area contributed by atoms with Crippen molar-refractivity contribution >= 4 is 11.7 Å². The fourth-order valence-corrected chi connectivity index (χ4v) is 1.47. The molecule has 0 spiro atoms. The van der Waals surface area contributed by atoms with Crippen molar-refractivity contribution in [2.45, 2.75) is 12.4 Å². The molecule has 0 fully saturated rings. The summed E-state index contributed by atoms with van der Waals surface area (Å²) in [6, 6.07) is 0.745. The monoisotopic (exact) mass is 287 g/mol. The molecule has 0 aliphatic heterocycles. The SMILES string of the molecule is COC(=O)c1c(N)ccc(C(F)(F)F)c1C(F)(F)F. The fraction of sp³-hybridized carbons (Fsp3) is 0.300. The van der Waals surface area contributed by atoms with Crippen LogP contribution in [0.4, 0.5) is 32.0 Å². The van der Waals surface area contributed by atoms with E-state index < -0.39 is 40.7 Å². The van der Waals surface area contributed by atoms with Gasteiger partial charge in [-0.05, 0) is 12.1 Å². The molecular formula is C10H7F6NO2. The van der Waals surface area contributed by atoms with Gasteiger partial charge in [-0.3, -0.25) is 0 Å². The standard InChI is InChI=1S/C10H7F6NO2/c1-19-8(18)6-5(17)3-2-4(9(11,12)13)7(6)10(14,15)16/h2-3H,17H2,1H3. The zero-order valence-electron chi connectivity index (χ0n) is 9.32. The smallest absolute Gasteiger partial charge is 0.417 e. The number of anilines is 1. The van der Waals surface area contributed by atoms with E-state index in [0.29, 0.717) is 6.07 Å². The van der Waals surface area contributed by atoms with Crippen molar-refractivity contribution in [3.05, 3.63) is 28.8 Å². The highest BCUT2D eigenvalue weighted by Gasteiger charge is 2.46. The van der Waals surface area contributed by atoms with Crippen LogP contribution in [0.3, 0.4) is 0 Å². The predicted octanol–water partition coefficient (Wildman–Crippen LogP) is 3.09. The van der Waals surface area contributed by atoms with Gasteiger partial charge in [0, 0.05) is 5.69 Å². The summed E-state index contributed by atoms with van der Waals surface area (Å²) in [5.74, 6) is -1.59. The molecule has 106 valence electrons. The minimum Gasteiger partial charge on any atom is -0.465 e. The van der Waals surface area contributed by atoms with Crippen LogP contribution in [0.15, 0.2) is 12.1 Å². The summed E-state index contributed by atoms with van der Waals surface area (Å²) in [5.41, 5.74) is -1.09. The highest BCUT2D eigenvalue weighted by atomic mass is 19.4. The number of nitrogen functional groups attached to an aromatic ring is 1. The van der Waals surface area contributed by atoms with E-state index in [0.717, 1.165) is 7.11 Å². The summed E-state index contributed by atoms with van der Waals surface area (Å²) >= 11 is 0. The largest absolute Gasteiger partial charge is 0.465 e. The van der Waals surface area contributed by atoms with Gasteiger partial charge in [0.2, 0.25) is 0 Å². The Labute approximate surface area is 102 Å². The van der Waals surface area contributed by atoms with E-state index in [1.54, 1.807) is 0 Å². The molecule has 1 aromatic carbocycles. The van der Waals surface area contributed by atoms with E-state index in [1.165, 1.54) is 0 Å². The van der Waals surface area contributed by atoms with Gasteiger partial charge in [-0.1, -0.05) is 0 Å². The minimum atomic E-state index is -5.40. The maximum Gasteiger partial charge on any atom is 0.417 e. The molecule has 0 radical (unpaired) electrons. The summed E-state index contributed by atoms with van der Waals surface area (Å²) in [7, 11) is 0.738. The molecule has 9 heteroatoms. The Morgan fingerprint density at radius 1 is 1.11 bits per heavy atom. The van der Waals surface area contributed by atoms with Crippen LogP contribution in [0.2, 0.25) is 0 Å². The molecule has 0 saturated carbocycles. The zero-order valence-corrected chi connectivity index (χ0v) is 9.32. The number of nitrogens with two attached hydrogens (primary N) is 1. The van der Waals surface area contributed by atoms with Gasteiger partial charge in [0.05, 0.1) is 23.8 Å². The van der Waals surface area contributed by atoms with Gasteiger partial charge in [-0.15, -0.1) is 0 Å². The molecule has 0 aliphatic rings. The molecule has 0 atom stereocenters. The summed E-state index contributed by atoms with van der Waals surface area (Å²) in [6.07, 6.45) is -10.7. The summed E-state index contributed by atoms with van der Waals surface area (Å²) in [6.45, 7) is 0. The summed E-state index contributed by atoms with van der Waals surface area (Å²) in [5, 5.41) is 0. The summed E-state index contributed by atoms with van der Waals surface area (Å²) in [4.78, 5) is 11.2. The molecule has 0 saturated heterocycles. The Hall–Kier alpha value is -1.93. The molecule has 0 bridgehead atoms. The lowest BCUT2D eigenvalue weighted by molar-refractivity contribution is -0.162. The van der Waals surface area contributed by atoms with Crippen LogP contribution in [0.5, 0.6) is 0 Å². The number of hydrogen-bond donors (Lipinski definition) is 1. The molecule has 0 heterocycles. The molecule has 0 aliphatic carbocycles. The first-order valence-electron chi connectivity index (χ1n) is 4.65. The lowest BCUT2D eigenvalue weighted by Crippen LogP contribution is -2.22. The molecule has 0 aromatic heterocycles. The van der Waals surface area contributed by atoms with E-state index in [4.69, 9.17) is 5.73 Å². The van der Waals surface area contributed by atoms with E-state index in [9.17, 15) is 31.1 Å². The number of ether oxygens (including phenoxy) is 1. The second-order valence-corrected chi connectivity index (χ2v) is 3.44. The number of halogens is 6. The topological polar surface area (TPSA) is 52.3 Å². The van der Waals surface area contributed by atoms with Crippen LogP contribution < -0.4 is 5.73 Å². The lowest BCUT2D eigenvalue weighted by Gasteiger charge is -2.19. The third-order valence-electron chi connectivity index (χ3n) is 2.22. The van der Waals surface area contributed by atoms with Gasteiger partial charge in [0.15, 0.2) is 0 Å². The number of methoxy groups -OCH3 is 1. The fourth-order valence-electron chi connectivity index (χ4n) is 1.47. The van der Waals surface area contributed by atoms with Gasteiger partial charge in [0.25, 0.3) is 0 Å². The first-order chi connectivity index (χ1) is 8.50. The third kappa shape index (κ3) is 2.91. The van der Waals surface area contributed by atoms with Crippen molar-refractivity contribution in [3.8, 4) is 0 Å². The molecule has 1 rings (SSSR count). The molecule has 0 unspecified atom stereocenters. The Morgan fingerprint density at radius 3 is 2.00 bits per heavy atom. The molecule has 0 amide bonds. The van der Waals surface area contributed by atoms with E-state index in [-0.39, 0.29) is 6.07 Å². The predicted molar refractivity (Wildman–Crippen MR) is 52.2 cm³/mol. The lowest BCUT2D eigenvalue weighted by atomic mass is 9.98. The number of hydrogen-bond acceptors (Lipinski definition) is 3. The quantitative estimate of drug-likeness (QED) is 0.490. The molecule has 3 nitrogen and oxygen atoms in total. The van der Waals surface area contributed by atoms with E-state index >= 15 is 0 Å². The van der Waals surface area contributed by atoms with Crippen molar-refractivity contribution in [1.82, 2.24) is 0 Å².